The molecule has 2 heterocycles. The zero-order valence-corrected chi connectivity index (χ0v) is 15.2. The van der Waals surface area contributed by atoms with E-state index in [-0.39, 0.29) is 0 Å². The summed E-state index contributed by atoms with van der Waals surface area (Å²) in [5, 5.41) is 11.7. The van der Waals surface area contributed by atoms with Crippen LogP contribution in [0.3, 0.4) is 0 Å². The minimum atomic E-state index is 0.695. The Bertz CT molecular complexity index is 875. The first-order valence-corrected chi connectivity index (χ1v) is 9.19. The normalized spacial score (nSPS) is 20.8. The van der Waals surface area contributed by atoms with Crippen molar-refractivity contribution < 1.29 is 0 Å². The minimum Gasteiger partial charge on any atom is -0.354 e. The second-order valence-corrected chi connectivity index (χ2v) is 7.63. The maximum absolute atomic E-state index is 4.67. The van der Waals surface area contributed by atoms with Crippen molar-refractivity contribution in [1.29, 1.82) is 0 Å². The van der Waals surface area contributed by atoms with Gasteiger partial charge in [-0.25, -0.2) is 0 Å². The fourth-order valence-corrected chi connectivity index (χ4v) is 4.08. The lowest BCUT2D eigenvalue weighted by Crippen LogP contribution is -2.39. The molecule has 0 saturated carbocycles. The first-order valence-electron chi connectivity index (χ1n) is 9.19. The van der Waals surface area contributed by atoms with Gasteiger partial charge >= 0.3 is 0 Å². The summed E-state index contributed by atoms with van der Waals surface area (Å²) in [6, 6.07) is 17.1. The van der Waals surface area contributed by atoms with Gasteiger partial charge in [-0.1, -0.05) is 67.9 Å². The Kier molecular flexibility index (Phi) is 4.16. The lowest BCUT2D eigenvalue weighted by Gasteiger charge is -2.36. The third-order valence-electron chi connectivity index (χ3n) is 5.16. The largest absolute Gasteiger partial charge is 0.354 e. The van der Waals surface area contributed by atoms with Crippen LogP contribution >= 0.6 is 0 Å². The Balaban J connectivity index is 1.83. The molecule has 1 aromatic heterocycles. The van der Waals surface area contributed by atoms with Gasteiger partial charge in [0.2, 0.25) is 0 Å². The molecule has 1 aliphatic rings. The monoisotopic (exact) mass is 331 g/mol. The van der Waals surface area contributed by atoms with Gasteiger partial charge in [0.25, 0.3) is 0 Å². The molecular weight excluding hydrogens is 306 g/mol. The number of fused-ring (bicyclic) bond motifs is 1. The van der Waals surface area contributed by atoms with Gasteiger partial charge in [-0.2, -0.15) is 0 Å². The molecule has 0 N–H and O–H groups in total. The highest BCUT2D eigenvalue weighted by atomic mass is 15.3. The van der Waals surface area contributed by atoms with Gasteiger partial charge in [-0.05, 0) is 25.2 Å². The molecule has 1 aliphatic heterocycles. The molecule has 3 nitrogen and oxygen atoms in total. The zero-order valence-electron chi connectivity index (χ0n) is 15.2. The number of hydrogen-bond acceptors (Lipinski definition) is 3. The molecule has 0 unspecified atom stereocenters. The highest BCUT2D eigenvalue weighted by Gasteiger charge is 2.25. The van der Waals surface area contributed by atoms with Crippen LogP contribution in [0.25, 0.3) is 22.0 Å². The summed E-state index contributed by atoms with van der Waals surface area (Å²) in [5.74, 6) is 2.42. The van der Waals surface area contributed by atoms with Crippen LogP contribution in [0.1, 0.15) is 25.8 Å². The number of rotatable bonds is 2. The van der Waals surface area contributed by atoms with Crippen molar-refractivity contribution in [2.24, 2.45) is 11.8 Å². The van der Waals surface area contributed by atoms with E-state index in [1.165, 1.54) is 22.8 Å². The smallest absolute Gasteiger partial charge is 0.159 e. The van der Waals surface area contributed by atoms with Gasteiger partial charge in [0.05, 0.1) is 0 Å². The predicted octanol–water partition coefficient (Wildman–Crippen LogP) is 5.09. The Morgan fingerprint density at radius 1 is 0.840 bits per heavy atom. The lowest BCUT2D eigenvalue weighted by molar-refractivity contribution is 0.355. The average molecular weight is 331 g/mol. The van der Waals surface area contributed by atoms with Crippen molar-refractivity contribution in [3.05, 3.63) is 54.1 Å². The van der Waals surface area contributed by atoms with E-state index in [0.717, 1.165) is 30.2 Å². The Morgan fingerprint density at radius 2 is 1.48 bits per heavy atom. The molecule has 0 bridgehead atoms. The Labute approximate surface area is 149 Å². The van der Waals surface area contributed by atoms with Gasteiger partial charge in [-0.15, -0.1) is 10.2 Å². The second kappa shape index (κ2) is 6.47. The molecule has 0 radical (unpaired) electrons. The van der Waals surface area contributed by atoms with Crippen LogP contribution in [0.2, 0.25) is 0 Å². The summed E-state index contributed by atoms with van der Waals surface area (Å²) in [6.07, 6.45) is 1.29. The lowest BCUT2D eigenvalue weighted by atomic mass is 9.91. The quantitative estimate of drug-likeness (QED) is 0.655. The summed E-state index contributed by atoms with van der Waals surface area (Å²) in [5.41, 5.74) is 3.35. The van der Waals surface area contributed by atoms with Crippen molar-refractivity contribution in [1.82, 2.24) is 10.2 Å². The molecule has 1 saturated heterocycles. The molecule has 0 spiro atoms. The molecule has 3 aromatic rings. The third kappa shape index (κ3) is 3.11. The van der Waals surface area contributed by atoms with Crippen molar-refractivity contribution in [3.8, 4) is 11.3 Å². The number of benzene rings is 2. The van der Waals surface area contributed by atoms with Crippen molar-refractivity contribution >= 4 is 16.6 Å². The van der Waals surface area contributed by atoms with Gasteiger partial charge in [0.1, 0.15) is 5.69 Å². The second-order valence-electron chi connectivity index (χ2n) is 7.63. The van der Waals surface area contributed by atoms with Crippen LogP contribution in [-0.2, 0) is 0 Å². The Morgan fingerprint density at radius 3 is 2.16 bits per heavy atom. The van der Waals surface area contributed by atoms with E-state index < -0.39 is 0 Å². The third-order valence-corrected chi connectivity index (χ3v) is 5.16. The molecule has 3 heteroatoms. The van der Waals surface area contributed by atoms with Crippen molar-refractivity contribution in [2.75, 3.05) is 18.0 Å². The van der Waals surface area contributed by atoms with Crippen LogP contribution in [-0.4, -0.2) is 23.3 Å². The summed E-state index contributed by atoms with van der Waals surface area (Å²) in [4.78, 5) is 2.42. The van der Waals surface area contributed by atoms with Crippen LogP contribution in [0.5, 0.6) is 0 Å². The summed E-state index contributed by atoms with van der Waals surface area (Å²) < 4.78 is 0. The average Bonchev–Trinajstić information content (AvgIpc) is 2.61. The SMILES string of the molecule is Cc1ccc(-c2nnc(N3C[C@H](C)C[C@@H](C)C3)c3ccccc23)cc1. The summed E-state index contributed by atoms with van der Waals surface area (Å²) >= 11 is 0. The van der Waals surface area contributed by atoms with Gasteiger partial charge in [0, 0.05) is 29.4 Å². The van der Waals surface area contributed by atoms with E-state index in [1.807, 2.05) is 0 Å². The van der Waals surface area contributed by atoms with E-state index in [1.54, 1.807) is 0 Å². The molecule has 2 atom stereocenters. The summed E-state index contributed by atoms with van der Waals surface area (Å²) in [7, 11) is 0. The fourth-order valence-electron chi connectivity index (χ4n) is 4.08. The van der Waals surface area contributed by atoms with E-state index in [4.69, 9.17) is 0 Å². The van der Waals surface area contributed by atoms with E-state index in [0.29, 0.717) is 11.8 Å². The van der Waals surface area contributed by atoms with Crippen LogP contribution < -0.4 is 4.90 Å². The first-order chi connectivity index (χ1) is 12.1. The predicted molar refractivity (Wildman–Crippen MR) is 105 cm³/mol. The molecule has 0 amide bonds. The highest BCUT2D eigenvalue weighted by Crippen LogP contribution is 2.34. The standard InChI is InChI=1S/C22H25N3/c1-15-8-10-18(11-9-15)21-19-6-4-5-7-20(19)22(24-23-21)25-13-16(2)12-17(3)14-25/h4-11,16-17H,12-14H2,1-3H3/t16-,17-/m1/s1. The molecule has 2 aromatic carbocycles. The van der Waals surface area contributed by atoms with E-state index >= 15 is 0 Å². The number of piperidine rings is 1. The zero-order chi connectivity index (χ0) is 17.4. The molecule has 1 fully saturated rings. The van der Waals surface area contributed by atoms with Crippen molar-refractivity contribution in [3.63, 3.8) is 0 Å². The maximum Gasteiger partial charge on any atom is 0.159 e. The minimum absolute atomic E-state index is 0.695. The number of hydrogen-bond donors (Lipinski definition) is 0. The molecule has 25 heavy (non-hydrogen) atoms. The van der Waals surface area contributed by atoms with Gasteiger partial charge in [-0.3, -0.25) is 0 Å². The van der Waals surface area contributed by atoms with Gasteiger partial charge in [0.15, 0.2) is 5.82 Å². The topological polar surface area (TPSA) is 29.0 Å². The molecule has 0 aliphatic carbocycles. The highest BCUT2D eigenvalue weighted by molar-refractivity contribution is 6.00. The van der Waals surface area contributed by atoms with Gasteiger partial charge < -0.3 is 4.90 Å². The fraction of sp³-hybridized carbons (Fsp3) is 0.364. The van der Waals surface area contributed by atoms with Crippen molar-refractivity contribution in [2.45, 2.75) is 27.2 Å². The van der Waals surface area contributed by atoms with Crippen LogP contribution in [0.4, 0.5) is 5.82 Å². The summed E-state index contributed by atoms with van der Waals surface area (Å²) in [6.45, 7) is 8.90. The number of anilines is 1. The molecular formula is C22H25N3. The molecule has 4 rings (SSSR count). The van der Waals surface area contributed by atoms with E-state index in [9.17, 15) is 0 Å². The first kappa shape index (κ1) is 16.1. The number of aromatic nitrogens is 2. The van der Waals surface area contributed by atoms with Crippen LogP contribution in [0.15, 0.2) is 48.5 Å². The number of nitrogens with zero attached hydrogens (tertiary/aromatic N) is 3. The molecule has 128 valence electrons. The number of aryl methyl sites for hydroxylation is 1. The maximum atomic E-state index is 4.67. The van der Waals surface area contributed by atoms with Crippen LogP contribution in [0, 0.1) is 18.8 Å². The Hall–Kier alpha value is -2.42. The van der Waals surface area contributed by atoms with E-state index in [2.05, 4.69) is 84.4 Å².